The summed E-state index contributed by atoms with van der Waals surface area (Å²) in [5.74, 6) is 0. The smallest absolute Gasteiger partial charge is 0.0991 e. The van der Waals surface area contributed by atoms with Crippen LogP contribution in [-0.4, -0.2) is 18.3 Å². The van der Waals surface area contributed by atoms with E-state index in [0.29, 0.717) is 5.56 Å². The number of nitriles is 1. The molecule has 0 amide bonds. The molecule has 5 nitrogen and oxygen atoms in total. The molecule has 0 fully saturated rings. The summed E-state index contributed by atoms with van der Waals surface area (Å²) in [4.78, 5) is 0. The van der Waals surface area contributed by atoms with Gasteiger partial charge in [0.05, 0.1) is 55.8 Å². The van der Waals surface area contributed by atoms with Crippen molar-refractivity contribution in [2.24, 2.45) is 0 Å². The van der Waals surface area contributed by atoms with Crippen molar-refractivity contribution in [2.45, 2.75) is 19.3 Å². The molecule has 1 aliphatic carbocycles. The number of fused-ring (bicyclic) bond motifs is 15. The maximum atomic E-state index is 9.16. The summed E-state index contributed by atoms with van der Waals surface area (Å²) >= 11 is 0. The highest BCUT2D eigenvalue weighted by Crippen LogP contribution is 2.51. The van der Waals surface area contributed by atoms with Gasteiger partial charge in [0.2, 0.25) is 0 Å². The number of aromatic nitrogens is 4. The quantitative estimate of drug-likeness (QED) is 0.157. The molecule has 436 valence electrons. The lowest BCUT2D eigenvalue weighted by Gasteiger charge is -2.21. The molecule has 18 aromatic rings. The molecule has 0 saturated heterocycles. The third-order valence-electron chi connectivity index (χ3n) is 19.7. The fraction of sp³-hybridized carbons (Fsp3) is 0.0341. The molecule has 4 aromatic heterocycles. The van der Waals surface area contributed by atoms with Crippen molar-refractivity contribution in [1.82, 2.24) is 18.3 Å². The van der Waals surface area contributed by atoms with Crippen molar-refractivity contribution in [1.29, 1.82) is 5.26 Å². The fourth-order valence-corrected chi connectivity index (χ4v) is 15.2. The van der Waals surface area contributed by atoms with Crippen molar-refractivity contribution in [3.05, 3.63) is 338 Å². The van der Waals surface area contributed by atoms with Crippen LogP contribution in [0.1, 0.15) is 30.5 Å². The minimum atomic E-state index is -0.0579. The van der Waals surface area contributed by atoms with Gasteiger partial charge in [-0.1, -0.05) is 196 Å². The highest BCUT2D eigenvalue weighted by atomic mass is 15.0. The lowest BCUT2D eigenvalue weighted by atomic mass is 9.82. The summed E-state index contributed by atoms with van der Waals surface area (Å²) in [7, 11) is 0. The van der Waals surface area contributed by atoms with Crippen molar-refractivity contribution < 1.29 is 0 Å². The van der Waals surface area contributed by atoms with E-state index in [-0.39, 0.29) is 5.41 Å². The molecular formula is C88H59N5. The zero-order chi connectivity index (χ0) is 61.9. The van der Waals surface area contributed by atoms with Gasteiger partial charge in [-0.3, -0.25) is 0 Å². The van der Waals surface area contributed by atoms with E-state index in [2.05, 4.69) is 335 Å². The van der Waals surface area contributed by atoms with Gasteiger partial charge in [-0.05, 0) is 195 Å². The van der Waals surface area contributed by atoms with Gasteiger partial charge < -0.3 is 18.3 Å². The Morgan fingerprint density at radius 2 is 0.548 bits per heavy atom. The van der Waals surface area contributed by atoms with E-state index in [0.717, 1.165) is 16.8 Å². The molecule has 0 unspecified atom stereocenters. The zero-order valence-electron chi connectivity index (χ0n) is 51.3. The molecule has 1 aliphatic rings. The molecule has 0 atom stereocenters. The third-order valence-corrected chi connectivity index (χ3v) is 19.7. The molecule has 14 aromatic carbocycles. The topological polar surface area (TPSA) is 43.5 Å². The number of nitrogens with zero attached hydrogens (tertiary/aromatic N) is 5. The van der Waals surface area contributed by atoms with Crippen molar-refractivity contribution in [2.75, 3.05) is 0 Å². The highest BCUT2D eigenvalue weighted by molar-refractivity contribution is 6.16. The molecule has 0 N–H and O–H groups in total. The Bertz CT molecular complexity index is 6050. The van der Waals surface area contributed by atoms with Crippen LogP contribution in [0.25, 0.3) is 154 Å². The normalized spacial score (nSPS) is 12.5. The van der Waals surface area contributed by atoms with Crippen LogP contribution in [0.15, 0.2) is 322 Å². The first-order valence-corrected chi connectivity index (χ1v) is 31.9. The number of rotatable bonds is 7. The van der Waals surface area contributed by atoms with Crippen LogP contribution in [0.4, 0.5) is 0 Å². The van der Waals surface area contributed by atoms with Crippen LogP contribution in [0.2, 0.25) is 0 Å². The lowest BCUT2D eigenvalue weighted by molar-refractivity contribution is 0.661. The van der Waals surface area contributed by atoms with E-state index in [1.54, 1.807) is 0 Å². The summed E-state index contributed by atoms with van der Waals surface area (Å²) in [5.41, 5.74) is 27.6. The van der Waals surface area contributed by atoms with Gasteiger partial charge in [0.1, 0.15) is 0 Å². The number of hydrogen-bond donors (Lipinski definition) is 0. The first kappa shape index (κ1) is 53.8. The standard InChI is InChI=1S/C45H32N2.C43H27N3/c1-45(2)39-19-11-9-17-33(39)35-27-38-37-26-30(22-24-43(37)47(44(38)28-40(35)45)32-15-7-4-8-16-32)29-21-23-42-36(25-29)34-18-10-12-20-41(34)46(42)31-13-5-3-6-14-31;44-28-29-14-16-30(17-15-29)31-18-22-35(23-19-31)46-41-13-7-5-11-37(41)39-27-33(21-25-43(39)46)32-20-24-42-38(26-32)36-10-4-6-12-40(36)45(42)34-8-2-1-3-9-34/h3-28H,1-2H3;1-27H. The minimum Gasteiger partial charge on any atom is -0.309 e. The molecule has 0 radical (unpaired) electrons. The number of hydrogen-bond acceptors (Lipinski definition) is 1. The first-order chi connectivity index (χ1) is 45.8. The number of para-hydroxylation sites is 6. The summed E-state index contributed by atoms with van der Waals surface area (Å²) < 4.78 is 9.54. The molecule has 0 spiro atoms. The van der Waals surface area contributed by atoms with Gasteiger partial charge in [-0.15, -0.1) is 0 Å². The van der Waals surface area contributed by atoms with E-state index >= 15 is 0 Å². The van der Waals surface area contributed by atoms with Crippen LogP contribution in [0.3, 0.4) is 0 Å². The second-order valence-corrected chi connectivity index (χ2v) is 25.1. The van der Waals surface area contributed by atoms with E-state index in [4.69, 9.17) is 5.26 Å². The summed E-state index contributed by atoms with van der Waals surface area (Å²) in [6.07, 6.45) is 0. The molecule has 19 rings (SSSR count). The van der Waals surface area contributed by atoms with Gasteiger partial charge in [0.15, 0.2) is 0 Å². The SMILES string of the molecule is CC1(C)c2ccccc2-c2cc3c4cc(-c5ccc6c(c5)c5ccccc5n6-c5ccccc5)ccc4n(-c4ccccc4)c3cc21.N#Cc1ccc(-c2ccc(-n3c4ccccc4c4cc(-c5ccc6c(c5)c5ccccc5n6-c5ccccc5)ccc43)cc2)cc1. The van der Waals surface area contributed by atoms with Crippen molar-refractivity contribution in [3.8, 4) is 73.3 Å². The van der Waals surface area contributed by atoms with Gasteiger partial charge in [-0.25, -0.2) is 0 Å². The van der Waals surface area contributed by atoms with Gasteiger partial charge in [-0.2, -0.15) is 5.26 Å². The monoisotopic (exact) mass is 1190 g/mol. The van der Waals surface area contributed by atoms with Crippen LogP contribution in [0.5, 0.6) is 0 Å². The van der Waals surface area contributed by atoms with E-state index < -0.39 is 0 Å². The van der Waals surface area contributed by atoms with Gasteiger partial charge in [0.25, 0.3) is 0 Å². The average Bonchev–Trinajstić information content (AvgIpc) is 1.56. The van der Waals surface area contributed by atoms with E-state index in [1.807, 2.05) is 24.3 Å². The molecule has 4 heterocycles. The Balaban J connectivity index is 0.000000137. The Labute approximate surface area is 538 Å². The molecule has 0 aliphatic heterocycles. The Morgan fingerprint density at radius 3 is 0.968 bits per heavy atom. The molecular weight excluding hydrogens is 1130 g/mol. The first-order valence-electron chi connectivity index (χ1n) is 31.9. The van der Waals surface area contributed by atoms with E-state index in [9.17, 15) is 0 Å². The molecule has 0 saturated carbocycles. The Morgan fingerprint density at radius 1 is 0.237 bits per heavy atom. The van der Waals surface area contributed by atoms with Crippen LogP contribution in [0, 0.1) is 11.3 Å². The van der Waals surface area contributed by atoms with Gasteiger partial charge >= 0.3 is 0 Å². The summed E-state index contributed by atoms with van der Waals surface area (Å²) in [5, 5.41) is 19.2. The van der Waals surface area contributed by atoms with Crippen molar-refractivity contribution >= 4 is 87.2 Å². The second kappa shape index (κ2) is 21.2. The molecule has 5 heteroatoms. The van der Waals surface area contributed by atoms with E-state index in [1.165, 1.54) is 149 Å². The minimum absolute atomic E-state index is 0.0579. The lowest BCUT2D eigenvalue weighted by Crippen LogP contribution is -2.14. The summed E-state index contributed by atoms with van der Waals surface area (Å²) in [6, 6.07) is 118. The van der Waals surface area contributed by atoms with Crippen molar-refractivity contribution in [3.63, 3.8) is 0 Å². The molecule has 0 bridgehead atoms. The predicted molar refractivity (Wildman–Crippen MR) is 389 cm³/mol. The van der Waals surface area contributed by atoms with Crippen LogP contribution >= 0.6 is 0 Å². The number of benzene rings is 14. The third kappa shape index (κ3) is 8.53. The maximum Gasteiger partial charge on any atom is 0.0991 e. The zero-order valence-corrected chi connectivity index (χ0v) is 51.3. The fourth-order valence-electron chi connectivity index (χ4n) is 15.2. The molecule has 93 heavy (non-hydrogen) atoms. The highest BCUT2D eigenvalue weighted by Gasteiger charge is 2.36. The largest absolute Gasteiger partial charge is 0.309 e. The van der Waals surface area contributed by atoms with Crippen LogP contribution in [-0.2, 0) is 5.41 Å². The van der Waals surface area contributed by atoms with Crippen LogP contribution < -0.4 is 0 Å². The Kier molecular flexibility index (Phi) is 12.3. The summed E-state index contributed by atoms with van der Waals surface area (Å²) in [6.45, 7) is 4.73. The average molecular weight is 1190 g/mol. The second-order valence-electron chi connectivity index (χ2n) is 25.1. The predicted octanol–water partition coefficient (Wildman–Crippen LogP) is 22.9. The maximum absolute atomic E-state index is 9.16. The Hall–Kier alpha value is -12.2. The van der Waals surface area contributed by atoms with Gasteiger partial charge in [0, 0.05) is 71.3 Å².